The van der Waals surface area contributed by atoms with Crippen molar-refractivity contribution in [1.82, 2.24) is 19.5 Å². The molecule has 0 aliphatic carbocycles. The van der Waals surface area contributed by atoms with Crippen LogP contribution in [0.5, 0.6) is 5.75 Å². The number of hydrogen-bond acceptors (Lipinski definition) is 5. The number of ether oxygens (including phenoxy) is 1. The number of nitrogens with zero attached hydrogens (tertiary/aromatic N) is 4. The minimum absolute atomic E-state index is 0.200. The van der Waals surface area contributed by atoms with Crippen molar-refractivity contribution in [2.45, 2.75) is 6.92 Å². The highest BCUT2D eigenvalue weighted by Crippen LogP contribution is 2.11. The summed E-state index contributed by atoms with van der Waals surface area (Å²) in [6.45, 7) is 1.64. The fraction of sp³-hybridized carbons (Fsp3) is 0.125. The molecule has 8 heteroatoms. The SMILES string of the molecule is Cc1nccn1-c1ncc(NC(=O)COc2ccc(F)cc2)cn1. The molecule has 24 heavy (non-hydrogen) atoms. The molecule has 2 aromatic heterocycles. The molecule has 0 bridgehead atoms. The fourth-order valence-corrected chi connectivity index (χ4v) is 1.98. The van der Waals surface area contributed by atoms with Crippen molar-refractivity contribution in [3.05, 3.63) is 60.7 Å². The lowest BCUT2D eigenvalue weighted by Gasteiger charge is -2.08. The number of aromatic nitrogens is 4. The van der Waals surface area contributed by atoms with Gasteiger partial charge in [0, 0.05) is 12.4 Å². The molecular weight excluding hydrogens is 313 g/mol. The van der Waals surface area contributed by atoms with Crippen LogP contribution < -0.4 is 10.1 Å². The molecule has 0 radical (unpaired) electrons. The molecular formula is C16H14FN5O2. The maximum Gasteiger partial charge on any atom is 0.262 e. The lowest BCUT2D eigenvalue weighted by molar-refractivity contribution is -0.118. The molecule has 0 unspecified atom stereocenters. The molecule has 2 heterocycles. The van der Waals surface area contributed by atoms with Gasteiger partial charge >= 0.3 is 0 Å². The van der Waals surface area contributed by atoms with Crippen LogP contribution in [0.2, 0.25) is 0 Å². The van der Waals surface area contributed by atoms with Crippen LogP contribution in [0.4, 0.5) is 10.1 Å². The zero-order valence-corrected chi connectivity index (χ0v) is 12.8. The van der Waals surface area contributed by atoms with Crippen molar-refractivity contribution >= 4 is 11.6 Å². The molecule has 1 aromatic carbocycles. The second-order valence-electron chi connectivity index (χ2n) is 4.91. The molecule has 3 rings (SSSR count). The van der Waals surface area contributed by atoms with Gasteiger partial charge in [-0.2, -0.15) is 0 Å². The topological polar surface area (TPSA) is 81.9 Å². The van der Waals surface area contributed by atoms with Crippen LogP contribution in [0.3, 0.4) is 0 Å². The van der Waals surface area contributed by atoms with Gasteiger partial charge in [0.15, 0.2) is 6.61 Å². The molecule has 0 fully saturated rings. The predicted molar refractivity (Wildman–Crippen MR) is 84.4 cm³/mol. The van der Waals surface area contributed by atoms with E-state index >= 15 is 0 Å². The van der Waals surface area contributed by atoms with Crippen molar-refractivity contribution in [2.75, 3.05) is 11.9 Å². The van der Waals surface area contributed by atoms with E-state index in [1.54, 1.807) is 17.0 Å². The van der Waals surface area contributed by atoms with Crippen LogP contribution >= 0.6 is 0 Å². The number of carbonyl (C=O) groups is 1. The number of halogens is 1. The van der Waals surface area contributed by atoms with Gasteiger partial charge in [-0.3, -0.25) is 9.36 Å². The molecule has 0 aliphatic rings. The van der Waals surface area contributed by atoms with E-state index < -0.39 is 0 Å². The van der Waals surface area contributed by atoms with Crippen molar-refractivity contribution in [1.29, 1.82) is 0 Å². The third-order valence-electron chi connectivity index (χ3n) is 3.15. The number of benzene rings is 1. The summed E-state index contributed by atoms with van der Waals surface area (Å²) in [5.41, 5.74) is 0.448. The Balaban J connectivity index is 1.56. The van der Waals surface area contributed by atoms with Crippen molar-refractivity contribution in [3.63, 3.8) is 0 Å². The quantitative estimate of drug-likeness (QED) is 0.776. The van der Waals surface area contributed by atoms with Crippen molar-refractivity contribution in [2.24, 2.45) is 0 Å². The average Bonchev–Trinajstić information content (AvgIpc) is 3.01. The first-order chi connectivity index (χ1) is 11.6. The Morgan fingerprint density at radius 3 is 2.54 bits per heavy atom. The van der Waals surface area contributed by atoms with E-state index in [4.69, 9.17) is 4.74 Å². The smallest absolute Gasteiger partial charge is 0.262 e. The first-order valence-corrected chi connectivity index (χ1v) is 7.12. The van der Waals surface area contributed by atoms with Crippen molar-refractivity contribution < 1.29 is 13.9 Å². The van der Waals surface area contributed by atoms with Crippen LogP contribution in [0.1, 0.15) is 5.82 Å². The summed E-state index contributed by atoms with van der Waals surface area (Å²) < 4.78 is 19.8. The predicted octanol–water partition coefficient (Wildman–Crippen LogP) is 2.13. The first kappa shape index (κ1) is 15.6. The minimum atomic E-state index is -0.366. The minimum Gasteiger partial charge on any atom is -0.484 e. The Bertz CT molecular complexity index is 830. The molecule has 0 saturated heterocycles. The van der Waals surface area contributed by atoms with Crippen molar-refractivity contribution in [3.8, 4) is 11.7 Å². The number of imidazole rings is 1. The normalized spacial score (nSPS) is 10.4. The van der Waals surface area contributed by atoms with Gasteiger partial charge < -0.3 is 10.1 Å². The summed E-state index contributed by atoms with van der Waals surface area (Å²) >= 11 is 0. The largest absolute Gasteiger partial charge is 0.484 e. The Kier molecular flexibility index (Phi) is 4.46. The number of nitrogens with one attached hydrogen (secondary N) is 1. The van der Waals surface area contributed by atoms with Crippen LogP contribution in [0, 0.1) is 12.7 Å². The zero-order chi connectivity index (χ0) is 16.9. The van der Waals surface area contributed by atoms with E-state index in [0.29, 0.717) is 17.4 Å². The highest BCUT2D eigenvalue weighted by molar-refractivity contribution is 5.91. The average molecular weight is 327 g/mol. The van der Waals surface area contributed by atoms with E-state index in [1.165, 1.54) is 36.7 Å². The number of hydrogen-bond donors (Lipinski definition) is 1. The number of anilines is 1. The zero-order valence-electron chi connectivity index (χ0n) is 12.8. The summed E-state index contributed by atoms with van der Waals surface area (Å²) in [6.07, 6.45) is 6.40. The highest BCUT2D eigenvalue weighted by Gasteiger charge is 2.07. The fourth-order valence-electron chi connectivity index (χ4n) is 1.98. The van der Waals surface area contributed by atoms with E-state index in [1.807, 2.05) is 6.92 Å². The molecule has 1 amide bonds. The number of carbonyl (C=O) groups excluding carboxylic acids is 1. The lowest BCUT2D eigenvalue weighted by Crippen LogP contribution is -2.20. The van der Waals surface area contributed by atoms with Gasteiger partial charge in [0.05, 0.1) is 18.1 Å². The van der Waals surface area contributed by atoms with Gasteiger partial charge in [-0.1, -0.05) is 0 Å². The monoisotopic (exact) mass is 327 g/mol. The Morgan fingerprint density at radius 2 is 1.92 bits per heavy atom. The highest BCUT2D eigenvalue weighted by atomic mass is 19.1. The summed E-state index contributed by atoms with van der Waals surface area (Å²) in [5.74, 6) is 0.908. The molecule has 0 aliphatic heterocycles. The van der Waals surface area contributed by atoms with Crippen LogP contribution in [-0.4, -0.2) is 32.0 Å². The molecule has 7 nitrogen and oxygen atoms in total. The summed E-state index contributed by atoms with van der Waals surface area (Å²) in [5, 5.41) is 2.62. The van der Waals surface area contributed by atoms with E-state index in [9.17, 15) is 9.18 Å². The molecule has 0 saturated carbocycles. The molecule has 3 aromatic rings. The van der Waals surface area contributed by atoms with Gasteiger partial charge in [0.2, 0.25) is 5.95 Å². The first-order valence-electron chi connectivity index (χ1n) is 7.12. The van der Waals surface area contributed by atoms with Crippen LogP contribution in [-0.2, 0) is 4.79 Å². The second kappa shape index (κ2) is 6.86. The summed E-state index contributed by atoms with van der Waals surface area (Å²) in [7, 11) is 0. The molecule has 0 atom stereocenters. The van der Waals surface area contributed by atoms with Gasteiger partial charge in [-0.25, -0.2) is 19.3 Å². The van der Waals surface area contributed by atoms with Gasteiger partial charge in [0.25, 0.3) is 5.91 Å². The molecule has 1 N–H and O–H groups in total. The van der Waals surface area contributed by atoms with Crippen LogP contribution in [0.25, 0.3) is 5.95 Å². The lowest BCUT2D eigenvalue weighted by atomic mass is 10.3. The standard InChI is InChI=1S/C16H14FN5O2/c1-11-18-6-7-22(11)16-19-8-13(9-20-16)21-15(23)10-24-14-4-2-12(17)3-5-14/h2-9H,10H2,1H3,(H,21,23). The number of aryl methyl sites for hydroxylation is 1. The Labute approximate surface area is 137 Å². The Hall–Kier alpha value is -3.29. The third kappa shape index (κ3) is 3.72. The second-order valence-corrected chi connectivity index (χ2v) is 4.91. The summed E-state index contributed by atoms with van der Waals surface area (Å²) in [6, 6.07) is 5.43. The van der Waals surface area contributed by atoms with E-state index in [-0.39, 0.29) is 18.3 Å². The maximum atomic E-state index is 12.8. The van der Waals surface area contributed by atoms with Gasteiger partial charge in [0.1, 0.15) is 17.4 Å². The maximum absolute atomic E-state index is 12.8. The summed E-state index contributed by atoms with van der Waals surface area (Å²) in [4.78, 5) is 24.3. The van der Waals surface area contributed by atoms with E-state index in [0.717, 1.165) is 5.82 Å². The molecule has 0 spiro atoms. The van der Waals surface area contributed by atoms with Gasteiger partial charge in [-0.05, 0) is 31.2 Å². The van der Waals surface area contributed by atoms with Gasteiger partial charge in [-0.15, -0.1) is 0 Å². The van der Waals surface area contributed by atoms with E-state index in [2.05, 4.69) is 20.3 Å². The Morgan fingerprint density at radius 1 is 1.21 bits per heavy atom. The third-order valence-corrected chi connectivity index (χ3v) is 3.15. The number of amides is 1. The molecule has 122 valence electrons. The van der Waals surface area contributed by atoms with Crippen LogP contribution in [0.15, 0.2) is 49.1 Å². The number of rotatable bonds is 5.